The Morgan fingerprint density at radius 2 is 2.05 bits per heavy atom. The number of likely N-dealkylation sites (tertiary alicyclic amines) is 1. The van der Waals surface area contributed by atoms with E-state index in [4.69, 9.17) is 27.9 Å². The predicted molar refractivity (Wildman–Crippen MR) is 74.8 cm³/mol. The smallest absolute Gasteiger partial charge is 0.410 e. The highest BCUT2D eigenvalue weighted by atomic mass is 35.5. The van der Waals surface area contributed by atoms with Gasteiger partial charge in [-0.2, -0.15) is 0 Å². The summed E-state index contributed by atoms with van der Waals surface area (Å²) in [5, 5.41) is 0.964. The Kier molecular flexibility index (Phi) is 3.92. The normalized spacial score (nSPS) is 16.2. The maximum atomic E-state index is 11.8. The Morgan fingerprint density at radius 3 is 2.58 bits per heavy atom. The Bertz CT molecular complexity index is 494. The quantitative estimate of drug-likeness (QED) is 0.743. The molecule has 1 saturated heterocycles. The van der Waals surface area contributed by atoms with Gasteiger partial charge in [0.2, 0.25) is 0 Å². The van der Waals surface area contributed by atoms with Crippen LogP contribution in [-0.4, -0.2) is 34.7 Å². The Morgan fingerprint density at radius 1 is 1.42 bits per heavy atom. The standard InChI is InChI=1S/C13H16Cl2N2O2/c1-13(2,3)19-12(18)17-6-8(7-17)9-5-16-11(15)4-10(9)14/h4-5,8H,6-7H2,1-3H3. The van der Waals surface area contributed by atoms with Gasteiger partial charge in [0.25, 0.3) is 0 Å². The van der Waals surface area contributed by atoms with Crippen molar-refractivity contribution in [1.29, 1.82) is 0 Å². The molecule has 0 aliphatic carbocycles. The zero-order chi connectivity index (χ0) is 14.2. The van der Waals surface area contributed by atoms with Crippen LogP contribution in [0.15, 0.2) is 12.3 Å². The number of ether oxygens (including phenoxy) is 1. The van der Waals surface area contributed by atoms with Crippen molar-refractivity contribution in [2.45, 2.75) is 32.3 Å². The highest BCUT2D eigenvalue weighted by Crippen LogP contribution is 2.33. The third-order valence-corrected chi connectivity index (χ3v) is 3.36. The topological polar surface area (TPSA) is 42.4 Å². The SMILES string of the molecule is CC(C)(C)OC(=O)N1CC(c2cnc(Cl)cc2Cl)C1. The van der Waals surface area contributed by atoms with Crippen molar-refractivity contribution in [3.63, 3.8) is 0 Å². The second-order valence-corrected chi connectivity index (χ2v) is 6.41. The molecule has 0 aromatic carbocycles. The Balaban J connectivity index is 1.94. The molecule has 104 valence electrons. The number of rotatable bonds is 1. The van der Waals surface area contributed by atoms with Crippen LogP contribution in [0.3, 0.4) is 0 Å². The van der Waals surface area contributed by atoms with E-state index in [2.05, 4.69) is 4.98 Å². The molecule has 19 heavy (non-hydrogen) atoms. The molecular weight excluding hydrogens is 287 g/mol. The molecule has 1 aromatic rings. The number of amides is 1. The van der Waals surface area contributed by atoms with E-state index < -0.39 is 5.60 Å². The van der Waals surface area contributed by atoms with Crippen molar-refractivity contribution >= 4 is 29.3 Å². The molecule has 1 amide bonds. The first kappa shape index (κ1) is 14.4. The molecule has 0 saturated carbocycles. The van der Waals surface area contributed by atoms with Crippen molar-refractivity contribution in [2.75, 3.05) is 13.1 Å². The number of pyridine rings is 1. The van der Waals surface area contributed by atoms with Crippen molar-refractivity contribution in [3.05, 3.63) is 28.0 Å². The maximum Gasteiger partial charge on any atom is 0.410 e. The highest BCUT2D eigenvalue weighted by Gasteiger charge is 2.35. The van der Waals surface area contributed by atoms with Crippen molar-refractivity contribution in [3.8, 4) is 0 Å². The van der Waals surface area contributed by atoms with Gasteiger partial charge in [-0.3, -0.25) is 0 Å². The van der Waals surface area contributed by atoms with Crippen LogP contribution in [0, 0.1) is 0 Å². The zero-order valence-electron chi connectivity index (χ0n) is 11.1. The van der Waals surface area contributed by atoms with E-state index in [1.165, 1.54) is 0 Å². The van der Waals surface area contributed by atoms with Gasteiger partial charge in [0.1, 0.15) is 10.8 Å². The van der Waals surface area contributed by atoms with Gasteiger partial charge in [0.05, 0.1) is 0 Å². The third-order valence-electron chi connectivity index (χ3n) is 2.82. The minimum atomic E-state index is -0.471. The van der Waals surface area contributed by atoms with Crippen LogP contribution in [0.2, 0.25) is 10.2 Å². The van der Waals surface area contributed by atoms with Gasteiger partial charge in [0, 0.05) is 30.2 Å². The lowest BCUT2D eigenvalue weighted by Crippen LogP contribution is -2.50. The predicted octanol–water partition coefficient (Wildman–Crippen LogP) is 3.72. The van der Waals surface area contributed by atoms with Crippen molar-refractivity contribution in [2.24, 2.45) is 0 Å². The van der Waals surface area contributed by atoms with E-state index in [1.807, 2.05) is 20.8 Å². The lowest BCUT2D eigenvalue weighted by atomic mass is 9.93. The van der Waals surface area contributed by atoms with Gasteiger partial charge in [-0.15, -0.1) is 0 Å². The van der Waals surface area contributed by atoms with Crippen LogP contribution in [0.4, 0.5) is 4.79 Å². The molecular formula is C13H16Cl2N2O2. The number of carbonyl (C=O) groups is 1. The molecule has 4 nitrogen and oxygen atoms in total. The summed E-state index contributed by atoms with van der Waals surface area (Å²) in [6.07, 6.45) is 1.38. The first-order chi connectivity index (χ1) is 8.76. The second kappa shape index (κ2) is 5.17. The molecule has 1 aromatic heterocycles. The molecule has 0 N–H and O–H groups in total. The summed E-state index contributed by atoms with van der Waals surface area (Å²) in [5.41, 5.74) is 0.452. The van der Waals surface area contributed by atoms with Gasteiger partial charge in [-0.1, -0.05) is 23.2 Å². The van der Waals surface area contributed by atoms with Gasteiger partial charge in [-0.25, -0.2) is 9.78 Å². The molecule has 1 aliphatic rings. The summed E-state index contributed by atoms with van der Waals surface area (Å²) in [5.74, 6) is 0.199. The van der Waals surface area contributed by atoms with Gasteiger partial charge in [0.15, 0.2) is 0 Å². The van der Waals surface area contributed by atoms with Crippen LogP contribution in [0.25, 0.3) is 0 Å². The maximum absolute atomic E-state index is 11.8. The average Bonchev–Trinajstić information content (AvgIpc) is 2.16. The lowest BCUT2D eigenvalue weighted by molar-refractivity contribution is 0.00817. The molecule has 0 bridgehead atoms. The van der Waals surface area contributed by atoms with Crippen LogP contribution in [0.1, 0.15) is 32.3 Å². The van der Waals surface area contributed by atoms with Crippen LogP contribution < -0.4 is 0 Å². The molecule has 2 heterocycles. The van der Waals surface area contributed by atoms with E-state index in [9.17, 15) is 4.79 Å². The fourth-order valence-corrected chi connectivity index (χ4v) is 2.39. The van der Waals surface area contributed by atoms with E-state index in [0.29, 0.717) is 23.3 Å². The minimum absolute atomic E-state index is 0.199. The summed E-state index contributed by atoms with van der Waals surface area (Å²) in [6.45, 7) is 6.74. The monoisotopic (exact) mass is 302 g/mol. The Labute approximate surface area is 122 Å². The fraction of sp³-hybridized carbons (Fsp3) is 0.538. The van der Waals surface area contributed by atoms with Crippen molar-refractivity contribution in [1.82, 2.24) is 9.88 Å². The van der Waals surface area contributed by atoms with Crippen LogP contribution in [-0.2, 0) is 4.74 Å². The minimum Gasteiger partial charge on any atom is -0.444 e. The average molecular weight is 303 g/mol. The van der Waals surface area contributed by atoms with E-state index in [-0.39, 0.29) is 12.0 Å². The molecule has 0 spiro atoms. The van der Waals surface area contributed by atoms with Crippen LogP contribution >= 0.6 is 23.2 Å². The number of nitrogens with zero attached hydrogens (tertiary/aromatic N) is 2. The highest BCUT2D eigenvalue weighted by molar-refractivity contribution is 6.34. The third kappa shape index (κ3) is 3.51. The summed E-state index contributed by atoms with van der Waals surface area (Å²) in [6, 6.07) is 1.62. The second-order valence-electron chi connectivity index (χ2n) is 5.61. The number of aromatic nitrogens is 1. The molecule has 2 rings (SSSR count). The molecule has 0 unspecified atom stereocenters. The first-order valence-corrected chi connectivity index (χ1v) is 6.81. The van der Waals surface area contributed by atoms with Gasteiger partial charge < -0.3 is 9.64 Å². The molecule has 1 aliphatic heterocycles. The fourth-order valence-electron chi connectivity index (χ4n) is 1.87. The summed E-state index contributed by atoms with van der Waals surface area (Å²) in [7, 11) is 0. The van der Waals surface area contributed by atoms with E-state index in [0.717, 1.165) is 5.56 Å². The summed E-state index contributed by atoms with van der Waals surface area (Å²) < 4.78 is 5.29. The largest absolute Gasteiger partial charge is 0.444 e. The molecule has 6 heteroatoms. The summed E-state index contributed by atoms with van der Waals surface area (Å²) >= 11 is 11.9. The lowest BCUT2D eigenvalue weighted by Gasteiger charge is -2.40. The molecule has 1 fully saturated rings. The van der Waals surface area contributed by atoms with Crippen LogP contribution in [0.5, 0.6) is 0 Å². The van der Waals surface area contributed by atoms with Gasteiger partial charge >= 0.3 is 6.09 Å². The van der Waals surface area contributed by atoms with E-state index in [1.54, 1.807) is 17.2 Å². The number of halogens is 2. The molecule has 0 atom stereocenters. The van der Waals surface area contributed by atoms with Crippen molar-refractivity contribution < 1.29 is 9.53 Å². The summed E-state index contributed by atoms with van der Waals surface area (Å²) in [4.78, 5) is 17.5. The first-order valence-electron chi connectivity index (χ1n) is 6.05. The molecule has 0 radical (unpaired) electrons. The van der Waals surface area contributed by atoms with Gasteiger partial charge in [-0.05, 0) is 32.4 Å². The number of hydrogen-bond donors (Lipinski definition) is 0. The number of hydrogen-bond acceptors (Lipinski definition) is 3. The zero-order valence-corrected chi connectivity index (χ0v) is 12.6. The number of carbonyl (C=O) groups excluding carboxylic acids is 1. The van der Waals surface area contributed by atoms with E-state index >= 15 is 0 Å². The Hall–Kier alpha value is -1.000.